The van der Waals surface area contributed by atoms with E-state index in [2.05, 4.69) is 31.3 Å². The summed E-state index contributed by atoms with van der Waals surface area (Å²) in [4.78, 5) is 16.4. The molecule has 0 atom stereocenters. The molecule has 0 aliphatic heterocycles. The molecule has 0 aliphatic rings. The van der Waals surface area contributed by atoms with Crippen molar-refractivity contribution in [3.8, 4) is 5.69 Å². The average molecular weight is 417 g/mol. The number of rotatable bonds is 5. The minimum absolute atomic E-state index is 0.0779. The van der Waals surface area contributed by atoms with E-state index in [0.29, 0.717) is 5.16 Å². The van der Waals surface area contributed by atoms with Gasteiger partial charge in [-0.15, -0.1) is 5.10 Å². The quantitative estimate of drug-likeness (QED) is 0.626. The molecule has 3 aromatic rings. The molecule has 25 heavy (non-hydrogen) atoms. The Bertz CT molecular complexity index is 895. The van der Waals surface area contributed by atoms with Gasteiger partial charge in [0.05, 0.1) is 11.4 Å². The minimum Gasteiger partial charge on any atom is -0.325 e. The van der Waals surface area contributed by atoms with E-state index in [1.54, 1.807) is 11.0 Å². The first-order valence-corrected chi connectivity index (χ1v) is 9.48. The molecular weight excluding hydrogens is 400 g/mol. The fourth-order valence-electron chi connectivity index (χ4n) is 2.26. The molecule has 128 valence electrons. The molecule has 1 aromatic heterocycles. The minimum atomic E-state index is -0.0779. The number of hydrogen-bond donors (Lipinski definition) is 1. The predicted molar refractivity (Wildman–Crippen MR) is 104 cm³/mol. The standard InChI is InChI=1S/C18H17BrN4OS/c1-12-13(2)16(9-8-15(12)19)21-17(24)10-25-18-20-11-23(22-18)14-6-4-3-5-7-14/h3-9,11H,10H2,1-2H3,(H,21,24). The van der Waals surface area contributed by atoms with Crippen molar-refractivity contribution in [3.63, 3.8) is 0 Å². The number of hydrogen-bond acceptors (Lipinski definition) is 4. The monoisotopic (exact) mass is 416 g/mol. The van der Waals surface area contributed by atoms with E-state index >= 15 is 0 Å². The SMILES string of the molecule is Cc1c(Br)ccc(NC(=O)CSc2ncn(-c3ccccc3)n2)c1C. The Balaban J connectivity index is 1.60. The summed E-state index contributed by atoms with van der Waals surface area (Å²) in [6.45, 7) is 4.01. The molecule has 0 bridgehead atoms. The Labute approximate surface area is 159 Å². The van der Waals surface area contributed by atoms with E-state index in [1.165, 1.54) is 11.8 Å². The van der Waals surface area contributed by atoms with E-state index in [9.17, 15) is 4.79 Å². The van der Waals surface area contributed by atoms with Crippen molar-refractivity contribution < 1.29 is 4.79 Å². The largest absolute Gasteiger partial charge is 0.325 e. The zero-order chi connectivity index (χ0) is 17.8. The number of nitrogens with one attached hydrogen (secondary N) is 1. The van der Waals surface area contributed by atoms with Gasteiger partial charge >= 0.3 is 0 Å². The van der Waals surface area contributed by atoms with Gasteiger partial charge in [0.15, 0.2) is 0 Å². The van der Waals surface area contributed by atoms with Crippen LogP contribution in [0.3, 0.4) is 0 Å². The van der Waals surface area contributed by atoms with Crippen molar-refractivity contribution in [2.45, 2.75) is 19.0 Å². The van der Waals surface area contributed by atoms with Crippen molar-refractivity contribution >= 4 is 39.3 Å². The third-order valence-corrected chi connectivity index (χ3v) is 5.53. The van der Waals surface area contributed by atoms with E-state index < -0.39 is 0 Å². The van der Waals surface area contributed by atoms with Gasteiger partial charge in [-0.2, -0.15) is 0 Å². The van der Waals surface area contributed by atoms with Crippen LogP contribution in [-0.2, 0) is 4.79 Å². The number of para-hydroxylation sites is 1. The van der Waals surface area contributed by atoms with E-state index in [-0.39, 0.29) is 11.7 Å². The fraction of sp³-hybridized carbons (Fsp3) is 0.167. The van der Waals surface area contributed by atoms with Crippen molar-refractivity contribution in [2.24, 2.45) is 0 Å². The molecular formula is C18H17BrN4OS. The van der Waals surface area contributed by atoms with Gasteiger partial charge in [0.2, 0.25) is 11.1 Å². The van der Waals surface area contributed by atoms with Crippen LogP contribution < -0.4 is 5.32 Å². The molecule has 1 heterocycles. The lowest BCUT2D eigenvalue weighted by molar-refractivity contribution is -0.113. The summed E-state index contributed by atoms with van der Waals surface area (Å²) in [6.07, 6.45) is 1.65. The van der Waals surface area contributed by atoms with Gasteiger partial charge in [0.1, 0.15) is 6.33 Å². The summed E-state index contributed by atoms with van der Waals surface area (Å²) in [7, 11) is 0. The van der Waals surface area contributed by atoms with Crippen LogP contribution in [0, 0.1) is 13.8 Å². The highest BCUT2D eigenvalue weighted by atomic mass is 79.9. The number of carbonyl (C=O) groups excluding carboxylic acids is 1. The molecule has 0 fully saturated rings. The summed E-state index contributed by atoms with van der Waals surface area (Å²) in [5.74, 6) is 0.179. The number of carbonyl (C=O) groups is 1. The first-order valence-electron chi connectivity index (χ1n) is 7.70. The molecule has 3 rings (SSSR count). The van der Waals surface area contributed by atoms with Crippen LogP contribution in [0.4, 0.5) is 5.69 Å². The molecule has 0 aliphatic carbocycles. The van der Waals surface area contributed by atoms with Gasteiger partial charge in [-0.3, -0.25) is 4.79 Å². The summed E-state index contributed by atoms with van der Waals surface area (Å²) in [5.41, 5.74) is 3.94. The van der Waals surface area contributed by atoms with Gasteiger partial charge < -0.3 is 5.32 Å². The van der Waals surface area contributed by atoms with Crippen LogP contribution in [0.25, 0.3) is 5.69 Å². The third-order valence-electron chi connectivity index (χ3n) is 3.82. The summed E-state index contributed by atoms with van der Waals surface area (Å²) in [5, 5.41) is 7.90. The van der Waals surface area contributed by atoms with Crippen molar-refractivity contribution in [3.05, 3.63) is 64.4 Å². The molecule has 5 nitrogen and oxygen atoms in total. The molecule has 7 heteroatoms. The van der Waals surface area contributed by atoms with Gasteiger partial charge in [-0.1, -0.05) is 45.9 Å². The van der Waals surface area contributed by atoms with E-state index in [0.717, 1.165) is 27.0 Å². The smallest absolute Gasteiger partial charge is 0.234 e. The zero-order valence-electron chi connectivity index (χ0n) is 13.9. The molecule has 0 saturated heterocycles. The maximum Gasteiger partial charge on any atom is 0.234 e. The lowest BCUT2D eigenvalue weighted by Gasteiger charge is -2.11. The van der Waals surface area contributed by atoms with Crippen LogP contribution in [0.1, 0.15) is 11.1 Å². The lowest BCUT2D eigenvalue weighted by atomic mass is 10.1. The van der Waals surface area contributed by atoms with E-state index in [4.69, 9.17) is 0 Å². The lowest BCUT2D eigenvalue weighted by Crippen LogP contribution is -2.15. The number of benzene rings is 2. The van der Waals surface area contributed by atoms with Crippen LogP contribution in [-0.4, -0.2) is 26.4 Å². The van der Waals surface area contributed by atoms with Crippen molar-refractivity contribution in [1.82, 2.24) is 14.8 Å². The third kappa shape index (κ3) is 4.29. The number of aromatic nitrogens is 3. The molecule has 0 radical (unpaired) electrons. The molecule has 0 spiro atoms. The number of anilines is 1. The Morgan fingerprint density at radius 3 is 2.68 bits per heavy atom. The summed E-state index contributed by atoms with van der Waals surface area (Å²) >= 11 is 4.81. The van der Waals surface area contributed by atoms with Gasteiger partial charge in [0, 0.05) is 10.2 Å². The second kappa shape index (κ2) is 7.84. The highest BCUT2D eigenvalue weighted by Gasteiger charge is 2.10. The first-order chi connectivity index (χ1) is 12.0. The Morgan fingerprint density at radius 1 is 1.16 bits per heavy atom. The second-order valence-corrected chi connectivity index (χ2v) is 7.29. The Hall–Kier alpha value is -2.12. The average Bonchev–Trinajstić information content (AvgIpc) is 3.10. The van der Waals surface area contributed by atoms with Gasteiger partial charge in [-0.25, -0.2) is 9.67 Å². The normalized spacial score (nSPS) is 10.7. The maximum atomic E-state index is 12.2. The molecule has 2 aromatic carbocycles. The topological polar surface area (TPSA) is 59.8 Å². The van der Waals surface area contributed by atoms with Crippen molar-refractivity contribution in [1.29, 1.82) is 0 Å². The fourth-order valence-corrected chi connectivity index (χ4v) is 3.29. The highest BCUT2D eigenvalue weighted by Crippen LogP contribution is 2.26. The van der Waals surface area contributed by atoms with Gasteiger partial charge in [-0.05, 0) is 49.2 Å². The highest BCUT2D eigenvalue weighted by molar-refractivity contribution is 9.10. The Morgan fingerprint density at radius 2 is 1.92 bits per heavy atom. The van der Waals surface area contributed by atoms with Crippen molar-refractivity contribution in [2.75, 3.05) is 11.1 Å². The van der Waals surface area contributed by atoms with Crippen LogP contribution >= 0.6 is 27.7 Å². The number of nitrogens with zero attached hydrogens (tertiary/aromatic N) is 3. The van der Waals surface area contributed by atoms with Crippen LogP contribution in [0.2, 0.25) is 0 Å². The number of thioether (sulfide) groups is 1. The molecule has 0 saturated carbocycles. The second-order valence-electron chi connectivity index (χ2n) is 5.49. The maximum absolute atomic E-state index is 12.2. The van der Waals surface area contributed by atoms with Gasteiger partial charge in [0.25, 0.3) is 0 Å². The molecule has 1 N–H and O–H groups in total. The van der Waals surface area contributed by atoms with E-state index in [1.807, 2.05) is 56.3 Å². The Kier molecular flexibility index (Phi) is 5.55. The molecule has 1 amide bonds. The predicted octanol–water partition coefficient (Wildman–Crippen LogP) is 4.38. The summed E-state index contributed by atoms with van der Waals surface area (Å²) in [6, 6.07) is 13.6. The summed E-state index contributed by atoms with van der Waals surface area (Å²) < 4.78 is 2.73. The molecule has 0 unspecified atom stereocenters. The van der Waals surface area contributed by atoms with Crippen LogP contribution in [0.5, 0.6) is 0 Å². The number of halogens is 1. The zero-order valence-corrected chi connectivity index (χ0v) is 16.3. The number of amides is 1. The van der Waals surface area contributed by atoms with Crippen LogP contribution in [0.15, 0.2) is 58.4 Å². The first kappa shape index (κ1) is 17.7.